The summed E-state index contributed by atoms with van der Waals surface area (Å²) in [6.45, 7) is 0.474. The van der Waals surface area contributed by atoms with Gasteiger partial charge in [0.05, 0.1) is 6.20 Å². The number of ketones is 1. The molecule has 2 aromatic rings. The van der Waals surface area contributed by atoms with E-state index >= 15 is 0 Å². The van der Waals surface area contributed by atoms with Gasteiger partial charge in [-0.05, 0) is 5.56 Å². The van der Waals surface area contributed by atoms with Gasteiger partial charge in [0.25, 0.3) is 0 Å². The summed E-state index contributed by atoms with van der Waals surface area (Å²) in [5.41, 5.74) is 7.57. The molecular formula is C11H12N4O. The Hall–Kier alpha value is -2.01. The van der Waals surface area contributed by atoms with Gasteiger partial charge in [0, 0.05) is 19.2 Å². The number of aryl methyl sites for hydroxylation is 1. The smallest absolute Gasteiger partial charge is 0.212 e. The van der Waals surface area contributed by atoms with Gasteiger partial charge >= 0.3 is 0 Å². The highest BCUT2D eigenvalue weighted by atomic mass is 16.1. The van der Waals surface area contributed by atoms with E-state index in [1.165, 1.54) is 10.9 Å². The summed E-state index contributed by atoms with van der Waals surface area (Å²) >= 11 is 0. The van der Waals surface area contributed by atoms with Gasteiger partial charge in [0.1, 0.15) is 5.69 Å². The minimum atomic E-state index is -0.0870. The molecule has 16 heavy (non-hydrogen) atoms. The first kappa shape index (κ1) is 10.5. The molecule has 0 bridgehead atoms. The Morgan fingerprint density at radius 3 is 2.56 bits per heavy atom. The standard InChI is InChI=1S/C11H12N4O/c1-15-10(7-13-14-15)11(16)9-4-2-8(6-12)3-5-9/h2-5,7H,6,12H2,1H3. The molecule has 1 aromatic carbocycles. The predicted molar refractivity (Wildman–Crippen MR) is 58.8 cm³/mol. The van der Waals surface area contributed by atoms with Gasteiger partial charge in [-0.15, -0.1) is 5.10 Å². The molecule has 0 fully saturated rings. The molecule has 2 N–H and O–H groups in total. The Morgan fingerprint density at radius 1 is 1.38 bits per heavy atom. The van der Waals surface area contributed by atoms with Crippen molar-refractivity contribution >= 4 is 5.78 Å². The van der Waals surface area contributed by atoms with Crippen molar-refractivity contribution in [2.75, 3.05) is 0 Å². The topological polar surface area (TPSA) is 73.8 Å². The van der Waals surface area contributed by atoms with Gasteiger partial charge in [-0.1, -0.05) is 29.5 Å². The minimum absolute atomic E-state index is 0.0870. The first-order chi connectivity index (χ1) is 7.72. The Balaban J connectivity index is 2.31. The van der Waals surface area contributed by atoms with Crippen LogP contribution in [0.15, 0.2) is 30.5 Å². The number of nitrogens with two attached hydrogens (primary N) is 1. The Labute approximate surface area is 92.9 Å². The zero-order valence-corrected chi connectivity index (χ0v) is 8.92. The van der Waals surface area contributed by atoms with Crippen molar-refractivity contribution in [3.63, 3.8) is 0 Å². The normalized spacial score (nSPS) is 10.4. The Bertz CT molecular complexity index is 501. The lowest BCUT2D eigenvalue weighted by molar-refractivity contribution is 0.103. The molecule has 0 amide bonds. The maximum Gasteiger partial charge on any atom is 0.212 e. The third-order valence-corrected chi connectivity index (χ3v) is 2.40. The lowest BCUT2D eigenvalue weighted by Crippen LogP contribution is -2.08. The summed E-state index contributed by atoms with van der Waals surface area (Å²) in [7, 11) is 1.69. The van der Waals surface area contributed by atoms with Crippen molar-refractivity contribution in [3.8, 4) is 0 Å². The number of rotatable bonds is 3. The SMILES string of the molecule is Cn1nncc1C(=O)c1ccc(CN)cc1. The number of benzene rings is 1. The zero-order chi connectivity index (χ0) is 11.5. The monoisotopic (exact) mass is 216 g/mol. The minimum Gasteiger partial charge on any atom is -0.326 e. The number of carbonyl (C=O) groups excluding carboxylic acids is 1. The van der Waals surface area contributed by atoms with Crippen LogP contribution in [0.1, 0.15) is 21.6 Å². The van der Waals surface area contributed by atoms with Crippen LogP contribution in [0, 0.1) is 0 Å². The molecule has 0 aliphatic carbocycles. The summed E-state index contributed by atoms with van der Waals surface area (Å²) in [4.78, 5) is 12.0. The second-order valence-corrected chi connectivity index (χ2v) is 3.47. The van der Waals surface area contributed by atoms with E-state index in [0.717, 1.165) is 5.56 Å². The first-order valence-corrected chi connectivity index (χ1v) is 4.90. The van der Waals surface area contributed by atoms with Crippen LogP contribution in [0.3, 0.4) is 0 Å². The molecule has 0 radical (unpaired) electrons. The highest BCUT2D eigenvalue weighted by Crippen LogP contribution is 2.09. The van der Waals surface area contributed by atoms with Crippen molar-refractivity contribution in [2.45, 2.75) is 6.54 Å². The van der Waals surface area contributed by atoms with Crippen molar-refractivity contribution in [2.24, 2.45) is 12.8 Å². The average molecular weight is 216 g/mol. The highest BCUT2D eigenvalue weighted by Gasteiger charge is 2.12. The van der Waals surface area contributed by atoms with Crippen LogP contribution in [-0.2, 0) is 13.6 Å². The van der Waals surface area contributed by atoms with E-state index in [9.17, 15) is 4.79 Å². The second kappa shape index (κ2) is 4.24. The van der Waals surface area contributed by atoms with Crippen LogP contribution in [0.25, 0.3) is 0 Å². The third-order valence-electron chi connectivity index (χ3n) is 2.40. The van der Waals surface area contributed by atoms with Crippen molar-refractivity contribution in [1.82, 2.24) is 15.0 Å². The third kappa shape index (κ3) is 1.85. The predicted octanol–water partition coefficient (Wildman–Crippen LogP) is 0.505. The lowest BCUT2D eigenvalue weighted by atomic mass is 10.1. The fraction of sp³-hybridized carbons (Fsp3) is 0.182. The fourth-order valence-corrected chi connectivity index (χ4v) is 1.44. The van der Waals surface area contributed by atoms with Crippen LogP contribution in [0.5, 0.6) is 0 Å². The summed E-state index contributed by atoms with van der Waals surface area (Å²) in [5.74, 6) is -0.0870. The molecule has 0 saturated heterocycles. The summed E-state index contributed by atoms with van der Waals surface area (Å²) in [6.07, 6.45) is 1.46. The van der Waals surface area contributed by atoms with Crippen molar-refractivity contribution in [1.29, 1.82) is 0 Å². The number of aromatic nitrogens is 3. The van der Waals surface area contributed by atoms with Gasteiger partial charge in [-0.25, -0.2) is 4.68 Å². The molecule has 0 aliphatic heterocycles. The van der Waals surface area contributed by atoms with Gasteiger partial charge in [-0.3, -0.25) is 4.79 Å². The Morgan fingerprint density at radius 2 is 2.06 bits per heavy atom. The number of carbonyl (C=O) groups is 1. The van der Waals surface area contributed by atoms with Crippen LogP contribution in [0.2, 0.25) is 0 Å². The van der Waals surface area contributed by atoms with E-state index in [1.54, 1.807) is 19.2 Å². The van der Waals surface area contributed by atoms with E-state index in [4.69, 9.17) is 5.73 Å². The summed E-state index contributed by atoms with van der Waals surface area (Å²) in [5, 5.41) is 7.40. The molecule has 2 rings (SSSR count). The number of nitrogens with zero attached hydrogens (tertiary/aromatic N) is 3. The lowest BCUT2D eigenvalue weighted by Gasteiger charge is -2.01. The summed E-state index contributed by atoms with van der Waals surface area (Å²) in [6, 6.07) is 7.21. The highest BCUT2D eigenvalue weighted by molar-refractivity contribution is 6.07. The quantitative estimate of drug-likeness (QED) is 0.758. The molecule has 5 heteroatoms. The van der Waals surface area contributed by atoms with E-state index < -0.39 is 0 Å². The van der Waals surface area contributed by atoms with Crippen LogP contribution in [-0.4, -0.2) is 20.8 Å². The van der Waals surface area contributed by atoms with E-state index in [-0.39, 0.29) is 5.78 Å². The van der Waals surface area contributed by atoms with Crippen LogP contribution >= 0.6 is 0 Å². The van der Waals surface area contributed by atoms with E-state index in [2.05, 4.69) is 10.3 Å². The number of hydrogen-bond donors (Lipinski definition) is 1. The summed E-state index contributed by atoms with van der Waals surface area (Å²) < 4.78 is 1.46. The molecule has 0 unspecified atom stereocenters. The maximum absolute atomic E-state index is 12.0. The van der Waals surface area contributed by atoms with Crippen molar-refractivity contribution in [3.05, 3.63) is 47.3 Å². The molecule has 0 saturated carbocycles. The maximum atomic E-state index is 12.0. The van der Waals surface area contributed by atoms with Gasteiger partial charge < -0.3 is 5.73 Å². The van der Waals surface area contributed by atoms with E-state index in [1.807, 2.05) is 12.1 Å². The first-order valence-electron chi connectivity index (χ1n) is 4.90. The van der Waals surface area contributed by atoms with Gasteiger partial charge in [0.15, 0.2) is 0 Å². The molecule has 5 nitrogen and oxygen atoms in total. The molecule has 82 valence electrons. The van der Waals surface area contributed by atoms with Gasteiger partial charge in [0.2, 0.25) is 5.78 Å². The fourth-order valence-electron chi connectivity index (χ4n) is 1.44. The average Bonchev–Trinajstić information content (AvgIpc) is 2.75. The molecule has 0 spiro atoms. The Kier molecular flexibility index (Phi) is 2.78. The molecule has 1 heterocycles. The van der Waals surface area contributed by atoms with Crippen LogP contribution in [0.4, 0.5) is 0 Å². The molecule has 1 aromatic heterocycles. The molecular weight excluding hydrogens is 204 g/mol. The largest absolute Gasteiger partial charge is 0.326 e. The zero-order valence-electron chi connectivity index (χ0n) is 8.92. The van der Waals surface area contributed by atoms with Crippen LogP contribution < -0.4 is 5.73 Å². The molecule has 0 aliphatic rings. The van der Waals surface area contributed by atoms with E-state index in [0.29, 0.717) is 17.8 Å². The van der Waals surface area contributed by atoms with Gasteiger partial charge in [-0.2, -0.15) is 0 Å². The molecule has 0 atom stereocenters. The second-order valence-electron chi connectivity index (χ2n) is 3.47. The van der Waals surface area contributed by atoms with Crippen molar-refractivity contribution < 1.29 is 4.79 Å². The number of hydrogen-bond acceptors (Lipinski definition) is 4.